The van der Waals surface area contributed by atoms with Crippen molar-refractivity contribution in [2.24, 2.45) is 0 Å². The van der Waals surface area contributed by atoms with E-state index in [1.807, 2.05) is 23.8 Å². The van der Waals surface area contributed by atoms with E-state index in [0.717, 1.165) is 16.2 Å². The number of esters is 1. The normalized spacial score (nSPS) is 11.8. The van der Waals surface area contributed by atoms with Crippen LogP contribution in [0, 0.1) is 0 Å². The van der Waals surface area contributed by atoms with Gasteiger partial charge in [0.25, 0.3) is 5.91 Å². The number of hydrogen-bond acceptors (Lipinski definition) is 6. The molecule has 1 unspecified atom stereocenters. The van der Waals surface area contributed by atoms with Crippen molar-refractivity contribution in [3.8, 4) is 10.4 Å². The van der Waals surface area contributed by atoms with E-state index in [0.29, 0.717) is 17.7 Å². The van der Waals surface area contributed by atoms with Crippen molar-refractivity contribution in [3.05, 3.63) is 41.3 Å². The first-order valence-corrected chi connectivity index (χ1v) is 9.65. The summed E-state index contributed by atoms with van der Waals surface area (Å²) < 4.78 is 4.79. The van der Waals surface area contributed by atoms with Gasteiger partial charge in [-0.1, -0.05) is 6.07 Å². The Kier molecular flexibility index (Phi) is 6.69. The highest BCUT2D eigenvalue weighted by atomic mass is 32.2. The Bertz CT molecular complexity index is 702. The fourth-order valence-electron chi connectivity index (χ4n) is 2.26. The van der Waals surface area contributed by atoms with Gasteiger partial charge in [-0.05, 0) is 48.1 Å². The van der Waals surface area contributed by atoms with Crippen LogP contribution < -0.4 is 11.1 Å². The summed E-state index contributed by atoms with van der Waals surface area (Å²) in [6.07, 6.45) is 2.47. The van der Waals surface area contributed by atoms with Crippen LogP contribution in [0.15, 0.2) is 35.7 Å². The van der Waals surface area contributed by atoms with E-state index >= 15 is 0 Å². The summed E-state index contributed by atoms with van der Waals surface area (Å²) in [5.74, 6) is -0.0000398. The van der Waals surface area contributed by atoms with E-state index in [-0.39, 0.29) is 5.91 Å². The van der Waals surface area contributed by atoms with E-state index in [4.69, 9.17) is 10.5 Å². The van der Waals surface area contributed by atoms with Gasteiger partial charge in [0.15, 0.2) is 0 Å². The van der Waals surface area contributed by atoms with Crippen molar-refractivity contribution in [2.75, 3.05) is 24.9 Å². The standard InChI is InChI=1S/C17H20N2O3S2/c1-22-17(21)14(7-9-23-2)19-16(20)12-6-5-11(18)10-13(12)15-4-3-8-24-15/h3-6,8,10,14H,7,9,18H2,1-2H3,(H,19,20). The van der Waals surface area contributed by atoms with Gasteiger partial charge in [-0.25, -0.2) is 4.79 Å². The van der Waals surface area contributed by atoms with Gasteiger partial charge in [0.1, 0.15) is 6.04 Å². The summed E-state index contributed by atoms with van der Waals surface area (Å²) >= 11 is 3.14. The molecule has 1 aromatic heterocycles. The number of rotatable bonds is 7. The van der Waals surface area contributed by atoms with E-state index in [1.165, 1.54) is 18.4 Å². The van der Waals surface area contributed by atoms with Gasteiger partial charge in [-0.15, -0.1) is 11.3 Å². The number of thiophene rings is 1. The molecule has 0 radical (unpaired) electrons. The molecular formula is C17H20N2O3S2. The first kappa shape index (κ1) is 18.4. The highest BCUT2D eigenvalue weighted by molar-refractivity contribution is 7.98. The maximum atomic E-state index is 12.7. The average Bonchev–Trinajstić information content (AvgIpc) is 3.12. The summed E-state index contributed by atoms with van der Waals surface area (Å²) in [5.41, 5.74) is 7.70. The average molecular weight is 364 g/mol. The molecule has 0 aliphatic carbocycles. The van der Waals surface area contributed by atoms with Crippen LogP contribution >= 0.6 is 23.1 Å². The zero-order valence-electron chi connectivity index (χ0n) is 13.6. The molecule has 2 rings (SSSR count). The molecule has 0 aliphatic heterocycles. The fourth-order valence-corrected chi connectivity index (χ4v) is 3.49. The number of carbonyl (C=O) groups excluding carboxylic acids is 2. The van der Waals surface area contributed by atoms with Crippen molar-refractivity contribution in [3.63, 3.8) is 0 Å². The molecule has 5 nitrogen and oxygen atoms in total. The Labute approximate surface area is 149 Å². The van der Waals surface area contributed by atoms with Crippen molar-refractivity contribution >= 4 is 40.7 Å². The number of hydrogen-bond donors (Lipinski definition) is 2. The third-order valence-corrected chi connectivity index (χ3v) is 5.02. The Morgan fingerprint density at radius 1 is 1.38 bits per heavy atom. The molecule has 0 saturated heterocycles. The van der Waals surface area contributed by atoms with E-state index in [1.54, 1.807) is 30.0 Å². The highest BCUT2D eigenvalue weighted by Gasteiger charge is 2.23. The van der Waals surface area contributed by atoms with Crippen molar-refractivity contribution < 1.29 is 14.3 Å². The maximum Gasteiger partial charge on any atom is 0.328 e. The number of nitrogen functional groups attached to an aromatic ring is 1. The third-order valence-electron chi connectivity index (χ3n) is 3.48. The van der Waals surface area contributed by atoms with Crippen LogP contribution in [0.4, 0.5) is 5.69 Å². The molecule has 1 aromatic carbocycles. The lowest BCUT2D eigenvalue weighted by Gasteiger charge is -2.17. The number of methoxy groups -OCH3 is 1. The van der Waals surface area contributed by atoms with E-state index in [2.05, 4.69) is 5.32 Å². The largest absolute Gasteiger partial charge is 0.467 e. The van der Waals surface area contributed by atoms with Gasteiger partial charge in [-0.3, -0.25) is 4.79 Å². The molecule has 0 bridgehead atoms. The number of anilines is 1. The molecule has 0 spiro atoms. The summed E-state index contributed by atoms with van der Waals surface area (Å²) in [6.45, 7) is 0. The highest BCUT2D eigenvalue weighted by Crippen LogP contribution is 2.30. The third kappa shape index (κ3) is 4.52. The predicted octanol–water partition coefficient (Wildman–Crippen LogP) is 3.02. The number of benzene rings is 1. The second kappa shape index (κ2) is 8.75. The predicted molar refractivity (Wildman–Crippen MR) is 100 cm³/mol. The Morgan fingerprint density at radius 3 is 2.79 bits per heavy atom. The fraction of sp³-hybridized carbons (Fsp3) is 0.294. The molecule has 0 saturated carbocycles. The Morgan fingerprint density at radius 2 is 2.17 bits per heavy atom. The van der Waals surface area contributed by atoms with Crippen LogP contribution in [-0.2, 0) is 9.53 Å². The summed E-state index contributed by atoms with van der Waals surface area (Å²) in [5, 5.41) is 4.72. The molecular weight excluding hydrogens is 344 g/mol. The van der Waals surface area contributed by atoms with Gasteiger partial charge in [0.2, 0.25) is 0 Å². The second-order valence-corrected chi connectivity index (χ2v) is 7.05. The van der Waals surface area contributed by atoms with Crippen LogP contribution in [0.5, 0.6) is 0 Å². The van der Waals surface area contributed by atoms with Crippen LogP contribution in [0.1, 0.15) is 16.8 Å². The molecule has 1 amide bonds. The van der Waals surface area contributed by atoms with E-state index in [9.17, 15) is 9.59 Å². The molecule has 24 heavy (non-hydrogen) atoms. The minimum absolute atomic E-state index is 0.310. The van der Waals surface area contributed by atoms with Gasteiger partial charge in [0.05, 0.1) is 7.11 Å². The van der Waals surface area contributed by atoms with Crippen molar-refractivity contribution in [1.82, 2.24) is 5.32 Å². The first-order chi connectivity index (χ1) is 11.6. The maximum absolute atomic E-state index is 12.7. The SMILES string of the molecule is COC(=O)C(CCSC)NC(=O)c1ccc(N)cc1-c1cccs1. The minimum atomic E-state index is -0.663. The number of nitrogens with two attached hydrogens (primary N) is 1. The Balaban J connectivity index is 2.27. The summed E-state index contributed by atoms with van der Waals surface area (Å²) in [6, 6.07) is 8.32. The summed E-state index contributed by atoms with van der Waals surface area (Å²) in [7, 11) is 1.32. The number of thioether (sulfide) groups is 1. The quantitative estimate of drug-likeness (QED) is 0.583. The minimum Gasteiger partial charge on any atom is -0.467 e. The van der Waals surface area contributed by atoms with Gasteiger partial charge < -0.3 is 15.8 Å². The summed E-state index contributed by atoms with van der Waals surface area (Å²) in [4.78, 5) is 25.5. The number of amides is 1. The van der Waals surface area contributed by atoms with Crippen LogP contribution in [0.2, 0.25) is 0 Å². The monoisotopic (exact) mass is 364 g/mol. The number of nitrogens with one attached hydrogen (secondary N) is 1. The smallest absolute Gasteiger partial charge is 0.328 e. The van der Waals surface area contributed by atoms with Gasteiger partial charge in [-0.2, -0.15) is 11.8 Å². The molecule has 2 aromatic rings. The van der Waals surface area contributed by atoms with E-state index < -0.39 is 12.0 Å². The lowest BCUT2D eigenvalue weighted by Crippen LogP contribution is -2.42. The van der Waals surface area contributed by atoms with Crippen molar-refractivity contribution in [1.29, 1.82) is 0 Å². The zero-order valence-corrected chi connectivity index (χ0v) is 15.2. The molecule has 0 aliphatic rings. The topological polar surface area (TPSA) is 81.4 Å². The first-order valence-electron chi connectivity index (χ1n) is 7.38. The molecule has 128 valence electrons. The lowest BCUT2D eigenvalue weighted by molar-refractivity contribution is -0.142. The van der Waals surface area contributed by atoms with Gasteiger partial charge >= 0.3 is 5.97 Å². The van der Waals surface area contributed by atoms with Crippen LogP contribution in [-0.4, -0.2) is 37.0 Å². The van der Waals surface area contributed by atoms with Crippen LogP contribution in [0.3, 0.4) is 0 Å². The molecule has 1 atom stereocenters. The molecule has 3 N–H and O–H groups in total. The van der Waals surface area contributed by atoms with Gasteiger partial charge in [0, 0.05) is 21.7 Å². The second-order valence-electron chi connectivity index (χ2n) is 5.11. The van der Waals surface area contributed by atoms with Crippen molar-refractivity contribution in [2.45, 2.75) is 12.5 Å². The lowest BCUT2D eigenvalue weighted by atomic mass is 10.0. The Hall–Kier alpha value is -1.99. The number of ether oxygens (including phenoxy) is 1. The molecule has 7 heteroatoms. The number of carbonyl (C=O) groups is 2. The zero-order chi connectivity index (χ0) is 17.5. The molecule has 0 fully saturated rings. The van der Waals surface area contributed by atoms with Crippen LogP contribution in [0.25, 0.3) is 10.4 Å². The molecule has 1 heterocycles.